The first-order chi connectivity index (χ1) is 6.79. The third-order valence-electron chi connectivity index (χ3n) is 1.53. The van der Waals surface area contributed by atoms with E-state index in [1.165, 1.54) is 12.4 Å². The van der Waals surface area contributed by atoms with Gasteiger partial charge in [0.1, 0.15) is 13.2 Å². The number of rotatable bonds is 3. The zero-order valence-corrected chi connectivity index (χ0v) is 7.20. The molecule has 1 aromatic heterocycles. The van der Waals surface area contributed by atoms with E-state index in [4.69, 9.17) is 5.26 Å². The van der Waals surface area contributed by atoms with Crippen LogP contribution in [0, 0.1) is 11.3 Å². The molecule has 0 fully saturated rings. The molecule has 0 aliphatic rings. The summed E-state index contributed by atoms with van der Waals surface area (Å²) in [6.45, 7) is -0.905. The van der Waals surface area contributed by atoms with Crippen LogP contribution in [0.4, 0.5) is 4.39 Å². The largest absolute Gasteiger partial charge is 0.339 e. The van der Waals surface area contributed by atoms with Crippen LogP contribution in [0.1, 0.15) is 15.9 Å². The summed E-state index contributed by atoms with van der Waals surface area (Å²) in [5.74, 6) is -0.519. The minimum absolute atomic E-state index is 0.109. The van der Waals surface area contributed by atoms with Gasteiger partial charge in [-0.3, -0.25) is 4.79 Å². The average molecular weight is 194 g/mol. The fraction of sp³-hybridized carbons (Fsp3) is 0.250. The predicted octanol–water partition coefficient (Wildman–Crippen LogP) is 0.199. The summed E-state index contributed by atoms with van der Waals surface area (Å²) in [7, 11) is 0. The number of nitrogens with one attached hydrogen (secondary N) is 1. The van der Waals surface area contributed by atoms with E-state index in [0.717, 1.165) is 0 Å². The molecule has 72 valence electrons. The van der Waals surface area contributed by atoms with Gasteiger partial charge in [-0.25, -0.2) is 4.39 Å². The third-order valence-corrected chi connectivity index (χ3v) is 1.53. The van der Waals surface area contributed by atoms with Crippen molar-refractivity contribution in [3.05, 3.63) is 23.5 Å². The Hall–Kier alpha value is -2.03. The lowest BCUT2D eigenvalue weighted by Gasteiger charge is -2.03. The predicted molar refractivity (Wildman–Crippen MR) is 44.8 cm³/mol. The van der Waals surface area contributed by atoms with Gasteiger partial charge >= 0.3 is 0 Å². The molecule has 1 heterocycles. The minimum Gasteiger partial charge on any atom is -0.339 e. The summed E-state index contributed by atoms with van der Waals surface area (Å²) in [5, 5.41) is 17.4. The van der Waals surface area contributed by atoms with Crippen LogP contribution in [0.5, 0.6) is 0 Å². The highest BCUT2D eigenvalue weighted by Crippen LogP contribution is 2.06. The number of carbonyl (C=O) groups excluding carboxylic acids is 1. The van der Waals surface area contributed by atoms with Gasteiger partial charge in [-0.2, -0.15) is 15.5 Å². The van der Waals surface area contributed by atoms with E-state index in [9.17, 15) is 9.18 Å². The lowest BCUT2D eigenvalue weighted by Crippen LogP contribution is -2.24. The molecule has 1 rings (SSSR count). The van der Waals surface area contributed by atoms with Gasteiger partial charge in [-0.1, -0.05) is 0 Å². The topological polar surface area (TPSA) is 78.7 Å². The highest BCUT2D eigenvalue weighted by Gasteiger charge is 2.10. The van der Waals surface area contributed by atoms with Crippen molar-refractivity contribution < 1.29 is 9.18 Å². The van der Waals surface area contributed by atoms with Gasteiger partial charge in [-0.05, 0) is 0 Å². The Morgan fingerprint density at radius 2 is 2.29 bits per heavy atom. The molecule has 0 saturated heterocycles. The van der Waals surface area contributed by atoms with Crippen LogP contribution in [0.25, 0.3) is 0 Å². The summed E-state index contributed by atoms with van der Waals surface area (Å²) in [5.41, 5.74) is 0.271. The fourth-order valence-corrected chi connectivity index (χ4v) is 0.873. The molecule has 0 aliphatic heterocycles. The first-order valence-electron chi connectivity index (χ1n) is 3.80. The van der Waals surface area contributed by atoms with Crippen LogP contribution >= 0.6 is 0 Å². The smallest absolute Gasteiger partial charge is 0.254 e. The Labute approximate surface area is 79.6 Å². The molecule has 0 bridgehead atoms. The normalized spacial score (nSPS) is 9.14. The lowest BCUT2D eigenvalue weighted by molar-refractivity contribution is 0.0956. The Balaban J connectivity index is 2.84. The number of hydrogen-bond donors (Lipinski definition) is 1. The summed E-state index contributed by atoms with van der Waals surface area (Å²) < 4.78 is 12.4. The molecule has 0 radical (unpaired) electrons. The number of hydrogen-bond acceptors (Lipinski definition) is 4. The van der Waals surface area contributed by atoms with Gasteiger partial charge in [0, 0.05) is 5.56 Å². The van der Waals surface area contributed by atoms with Crippen LogP contribution in [0.3, 0.4) is 0 Å². The Morgan fingerprint density at radius 3 is 2.93 bits per heavy atom. The van der Waals surface area contributed by atoms with Gasteiger partial charge in [0.15, 0.2) is 0 Å². The quantitative estimate of drug-likeness (QED) is 0.697. The van der Waals surface area contributed by atoms with Gasteiger partial charge in [-0.15, -0.1) is 0 Å². The number of nitrogens with zero attached hydrogens (tertiary/aromatic N) is 3. The molecule has 1 aromatic rings. The van der Waals surface area contributed by atoms with Crippen molar-refractivity contribution in [3.63, 3.8) is 0 Å². The van der Waals surface area contributed by atoms with E-state index in [-0.39, 0.29) is 17.7 Å². The van der Waals surface area contributed by atoms with Crippen LogP contribution in [-0.4, -0.2) is 22.6 Å². The number of nitriles is 1. The van der Waals surface area contributed by atoms with Gasteiger partial charge < -0.3 is 5.32 Å². The Bertz CT molecular complexity index is 374. The maximum Gasteiger partial charge on any atom is 0.254 e. The standard InChI is InChI=1S/C8H7FN4O/c9-3-6-4-12-13-5-7(6)8(14)11-2-1-10/h4-5H,2-3H2,(H,11,14). The number of aromatic nitrogens is 2. The van der Waals surface area contributed by atoms with Crippen LogP contribution < -0.4 is 5.32 Å². The molecule has 0 saturated carbocycles. The molecule has 14 heavy (non-hydrogen) atoms. The highest BCUT2D eigenvalue weighted by molar-refractivity contribution is 5.95. The van der Waals surface area contributed by atoms with Crippen molar-refractivity contribution >= 4 is 5.91 Å². The molecule has 0 unspecified atom stereocenters. The van der Waals surface area contributed by atoms with E-state index >= 15 is 0 Å². The second-order valence-electron chi connectivity index (χ2n) is 2.40. The van der Waals surface area contributed by atoms with Gasteiger partial charge in [0.25, 0.3) is 5.91 Å². The minimum atomic E-state index is -0.787. The van der Waals surface area contributed by atoms with Gasteiger partial charge in [0.05, 0.1) is 24.0 Å². The maximum absolute atomic E-state index is 12.4. The molecule has 0 aliphatic carbocycles. The first kappa shape index (κ1) is 10.1. The summed E-state index contributed by atoms with van der Waals surface area (Å²) in [4.78, 5) is 11.3. The number of amides is 1. The molecule has 0 atom stereocenters. The first-order valence-corrected chi connectivity index (χ1v) is 3.80. The molecule has 0 spiro atoms. The van der Waals surface area contributed by atoms with Crippen molar-refractivity contribution in [3.8, 4) is 6.07 Å². The zero-order chi connectivity index (χ0) is 10.4. The lowest BCUT2D eigenvalue weighted by atomic mass is 10.2. The molecular weight excluding hydrogens is 187 g/mol. The van der Waals surface area contributed by atoms with Crippen LogP contribution in [-0.2, 0) is 6.67 Å². The molecule has 5 nitrogen and oxygen atoms in total. The van der Waals surface area contributed by atoms with Crippen molar-refractivity contribution in [2.45, 2.75) is 6.67 Å². The number of alkyl halides is 1. The van der Waals surface area contributed by atoms with E-state index in [0.29, 0.717) is 0 Å². The summed E-state index contributed by atoms with van der Waals surface area (Å²) in [6, 6.07) is 1.74. The summed E-state index contributed by atoms with van der Waals surface area (Å²) >= 11 is 0. The van der Waals surface area contributed by atoms with E-state index < -0.39 is 12.6 Å². The molecule has 6 heteroatoms. The zero-order valence-electron chi connectivity index (χ0n) is 7.20. The number of halogens is 1. The maximum atomic E-state index is 12.4. The van der Waals surface area contributed by atoms with Crippen molar-refractivity contribution in [2.75, 3.05) is 6.54 Å². The van der Waals surface area contributed by atoms with Crippen molar-refractivity contribution in [1.82, 2.24) is 15.5 Å². The second-order valence-corrected chi connectivity index (χ2v) is 2.40. The van der Waals surface area contributed by atoms with E-state index in [1.54, 1.807) is 6.07 Å². The molecule has 1 N–H and O–H groups in total. The Morgan fingerprint density at radius 1 is 1.57 bits per heavy atom. The van der Waals surface area contributed by atoms with E-state index in [1.807, 2.05) is 0 Å². The monoisotopic (exact) mass is 194 g/mol. The second kappa shape index (κ2) is 4.87. The van der Waals surface area contributed by atoms with Crippen LogP contribution in [0.2, 0.25) is 0 Å². The Kier molecular flexibility index (Phi) is 3.49. The number of carbonyl (C=O) groups is 1. The fourth-order valence-electron chi connectivity index (χ4n) is 0.873. The molecule has 0 aromatic carbocycles. The molecular formula is C8H7FN4O. The van der Waals surface area contributed by atoms with Crippen molar-refractivity contribution in [1.29, 1.82) is 5.26 Å². The van der Waals surface area contributed by atoms with Crippen molar-refractivity contribution in [2.24, 2.45) is 0 Å². The van der Waals surface area contributed by atoms with E-state index in [2.05, 4.69) is 15.5 Å². The highest BCUT2D eigenvalue weighted by atomic mass is 19.1. The SMILES string of the molecule is N#CCNC(=O)c1cnncc1CF. The summed E-state index contributed by atoms with van der Waals surface area (Å²) in [6.07, 6.45) is 2.35. The third kappa shape index (κ3) is 2.23. The average Bonchev–Trinajstić information content (AvgIpc) is 2.25. The molecule has 1 amide bonds. The van der Waals surface area contributed by atoms with Crippen LogP contribution in [0.15, 0.2) is 12.4 Å². The van der Waals surface area contributed by atoms with Gasteiger partial charge in [0.2, 0.25) is 0 Å².